The van der Waals surface area contributed by atoms with Gasteiger partial charge in [0.05, 0.1) is 5.75 Å². The van der Waals surface area contributed by atoms with Crippen LogP contribution in [0.15, 0.2) is 4.52 Å². The van der Waals surface area contributed by atoms with E-state index in [1.807, 2.05) is 11.8 Å². The first-order chi connectivity index (χ1) is 8.35. The maximum absolute atomic E-state index is 5.77. The van der Waals surface area contributed by atoms with Crippen LogP contribution >= 0.6 is 11.8 Å². The molecule has 0 spiro atoms. The zero-order valence-electron chi connectivity index (χ0n) is 10.4. The Morgan fingerprint density at radius 2 is 2.35 bits per heavy atom. The quantitative estimate of drug-likeness (QED) is 0.791. The van der Waals surface area contributed by atoms with Gasteiger partial charge < -0.3 is 10.3 Å². The van der Waals surface area contributed by atoms with Gasteiger partial charge in [0.25, 0.3) is 0 Å². The zero-order valence-corrected chi connectivity index (χ0v) is 11.2. The summed E-state index contributed by atoms with van der Waals surface area (Å²) in [7, 11) is 0. The molecular formula is C12H21N3OS. The lowest BCUT2D eigenvalue weighted by molar-refractivity contribution is 0.324. The molecule has 2 unspecified atom stereocenters. The van der Waals surface area contributed by atoms with Crippen molar-refractivity contribution in [1.29, 1.82) is 0 Å². The van der Waals surface area contributed by atoms with Crippen molar-refractivity contribution >= 4 is 11.8 Å². The first kappa shape index (κ1) is 12.9. The summed E-state index contributed by atoms with van der Waals surface area (Å²) >= 11 is 1.86. The Balaban J connectivity index is 1.93. The number of rotatable bonds is 6. The Morgan fingerprint density at radius 3 is 3.12 bits per heavy atom. The molecule has 5 heteroatoms. The van der Waals surface area contributed by atoms with Crippen molar-refractivity contribution < 1.29 is 4.52 Å². The molecule has 0 radical (unpaired) electrons. The van der Waals surface area contributed by atoms with Crippen LogP contribution in [0, 0.1) is 5.92 Å². The van der Waals surface area contributed by atoms with E-state index in [0.717, 1.165) is 36.2 Å². The maximum atomic E-state index is 5.77. The van der Waals surface area contributed by atoms with Crippen LogP contribution in [0.25, 0.3) is 0 Å². The number of nitrogens with two attached hydrogens (primary N) is 1. The minimum Gasteiger partial charge on any atom is -0.339 e. The molecule has 2 N–H and O–H groups in total. The smallest absolute Gasteiger partial charge is 0.230 e. The number of aromatic nitrogens is 2. The van der Waals surface area contributed by atoms with Gasteiger partial charge in [-0.25, -0.2) is 0 Å². The summed E-state index contributed by atoms with van der Waals surface area (Å²) < 4.78 is 5.38. The fourth-order valence-corrected chi connectivity index (χ4v) is 3.16. The van der Waals surface area contributed by atoms with Gasteiger partial charge in [-0.15, -0.1) is 0 Å². The molecule has 1 aromatic rings. The number of hydrogen-bond acceptors (Lipinski definition) is 5. The van der Waals surface area contributed by atoms with E-state index >= 15 is 0 Å². The predicted octanol–water partition coefficient (Wildman–Crippen LogP) is 2.56. The van der Waals surface area contributed by atoms with Gasteiger partial charge in [0.1, 0.15) is 0 Å². The normalized spacial score (nSPS) is 24.4. The standard InChI is InChI=1S/C12H21N3OS/c1-2-6-17-8-11-14-12(16-15-11)10-5-3-4-9(10)7-13/h9-10H,2-8,13H2,1H3. The average Bonchev–Trinajstić information content (AvgIpc) is 2.96. The molecule has 1 aliphatic carbocycles. The van der Waals surface area contributed by atoms with Crippen LogP contribution in [0.5, 0.6) is 0 Å². The van der Waals surface area contributed by atoms with E-state index < -0.39 is 0 Å². The Labute approximate surface area is 107 Å². The summed E-state index contributed by atoms with van der Waals surface area (Å²) in [5.41, 5.74) is 5.77. The summed E-state index contributed by atoms with van der Waals surface area (Å²) in [6.45, 7) is 2.91. The van der Waals surface area contributed by atoms with Gasteiger partial charge in [-0.3, -0.25) is 0 Å². The van der Waals surface area contributed by atoms with E-state index in [1.54, 1.807) is 0 Å². The van der Waals surface area contributed by atoms with Crippen molar-refractivity contribution in [2.75, 3.05) is 12.3 Å². The highest BCUT2D eigenvalue weighted by atomic mass is 32.2. The van der Waals surface area contributed by atoms with Gasteiger partial charge in [-0.1, -0.05) is 18.5 Å². The average molecular weight is 255 g/mol. The van der Waals surface area contributed by atoms with Gasteiger partial charge in [0.2, 0.25) is 5.89 Å². The Bertz CT molecular complexity index is 342. The summed E-state index contributed by atoms with van der Waals surface area (Å²) in [4.78, 5) is 4.51. The van der Waals surface area contributed by atoms with Crippen LogP contribution in [-0.4, -0.2) is 22.4 Å². The Hall–Kier alpha value is -0.550. The van der Waals surface area contributed by atoms with E-state index in [2.05, 4.69) is 17.1 Å². The highest BCUT2D eigenvalue weighted by Gasteiger charge is 2.31. The van der Waals surface area contributed by atoms with Crippen LogP contribution in [0.3, 0.4) is 0 Å². The van der Waals surface area contributed by atoms with Gasteiger partial charge in [-0.05, 0) is 37.5 Å². The topological polar surface area (TPSA) is 64.9 Å². The van der Waals surface area contributed by atoms with Gasteiger partial charge in [0.15, 0.2) is 5.82 Å². The van der Waals surface area contributed by atoms with Gasteiger partial charge in [-0.2, -0.15) is 16.7 Å². The van der Waals surface area contributed by atoms with E-state index in [1.165, 1.54) is 19.3 Å². The molecule has 0 amide bonds. The van der Waals surface area contributed by atoms with Gasteiger partial charge >= 0.3 is 0 Å². The summed E-state index contributed by atoms with van der Waals surface area (Å²) in [6.07, 6.45) is 4.76. The molecule has 1 heterocycles. The zero-order chi connectivity index (χ0) is 12.1. The van der Waals surface area contributed by atoms with E-state index in [9.17, 15) is 0 Å². The molecule has 0 aliphatic heterocycles. The monoisotopic (exact) mass is 255 g/mol. The van der Waals surface area contributed by atoms with Crippen molar-refractivity contribution in [3.05, 3.63) is 11.7 Å². The molecule has 1 aromatic heterocycles. The SMILES string of the molecule is CCCSCc1noc(C2CCCC2CN)n1. The molecule has 4 nitrogen and oxygen atoms in total. The molecule has 2 rings (SSSR count). The lowest BCUT2D eigenvalue weighted by atomic mass is 9.96. The highest BCUT2D eigenvalue weighted by Crippen LogP contribution is 2.38. The lowest BCUT2D eigenvalue weighted by Gasteiger charge is -2.12. The van der Waals surface area contributed by atoms with Crippen molar-refractivity contribution in [3.63, 3.8) is 0 Å². The third-order valence-corrected chi connectivity index (χ3v) is 4.50. The summed E-state index contributed by atoms with van der Waals surface area (Å²) in [5, 5.41) is 4.05. The van der Waals surface area contributed by atoms with Crippen LogP contribution in [-0.2, 0) is 5.75 Å². The van der Waals surface area contributed by atoms with Crippen LogP contribution in [0.4, 0.5) is 0 Å². The largest absolute Gasteiger partial charge is 0.339 e. The molecular weight excluding hydrogens is 234 g/mol. The molecule has 1 fully saturated rings. The molecule has 17 heavy (non-hydrogen) atoms. The predicted molar refractivity (Wildman–Crippen MR) is 69.9 cm³/mol. The van der Waals surface area contributed by atoms with E-state index in [-0.39, 0.29) is 0 Å². The first-order valence-electron chi connectivity index (χ1n) is 6.45. The maximum Gasteiger partial charge on any atom is 0.230 e. The second-order valence-corrected chi connectivity index (χ2v) is 5.74. The number of hydrogen-bond donors (Lipinski definition) is 1. The number of nitrogens with zero attached hydrogens (tertiary/aromatic N) is 2. The highest BCUT2D eigenvalue weighted by molar-refractivity contribution is 7.98. The molecule has 1 saturated carbocycles. The van der Waals surface area contributed by atoms with Crippen LogP contribution in [0.2, 0.25) is 0 Å². The first-order valence-corrected chi connectivity index (χ1v) is 7.61. The minimum absolute atomic E-state index is 0.400. The third-order valence-electron chi connectivity index (χ3n) is 3.34. The fourth-order valence-electron chi connectivity index (χ4n) is 2.43. The van der Waals surface area contributed by atoms with Crippen LogP contribution in [0.1, 0.15) is 50.2 Å². The van der Waals surface area contributed by atoms with Crippen molar-refractivity contribution in [2.24, 2.45) is 11.7 Å². The van der Waals surface area contributed by atoms with Crippen molar-refractivity contribution in [3.8, 4) is 0 Å². The van der Waals surface area contributed by atoms with E-state index in [0.29, 0.717) is 11.8 Å². The molecule has 0 aromatic carbocycles. The van der Waals surface area contributed by atoms with Crippen molar-refractivity contribution in [2.45, 2.75) is 44.3 Å². The fraction of sp³-hybridized carbons (Fsp3) is 0.833. The molecule has 0 bridgehead atoms. The molecule has 0 saturated heterocycles. The number of thioether (sulfide) groups is 1. The second kappa shape index (κ2) is 6.40. The summed E-state index contributed by atoms with van der Waals surface area (Å²) in [6, 6.07) is 0. The van der Waals surface area contributed by atoms with Crippen LogP contribution < -0.4 is 5.73 Å². The van der Waals surface area contributed by atoms with Gasteiger partial charge in [0, 0.05) is 5.92 Å². The molecule has 2 atom stereocenters. The lowest BCUT2D eigenvalue weighted by Crippen LogP contribution is -2.17. The minimum atomic E-state index is 0.400. The molecule has 96 valence electrons. The van der Waals surface area contributed by atoms with E-state index in [4.69, 9.17) is 10.3 Å². The Morgan fingerprint density at radius 1 is 1.47 bits per heavy atom. The molecule has 1 aliphatic rings. The second-order valence-electron chi connectivity index (χ2n) is 4.63. The van der Waals surface area contributed by atoms with Crippen molar-refractivity contribution in [1.82, 2.24) is 10.1 Å². The summed E-state index contributed by atoms with van der Waals surface area (Å²) in [5.74, 6) is 4.59. The Kier molecular flexibility index (Phi) is 4.86. The third kappa shape index (κ3) is 3.22.